The Balaban J connectivity index is 2.39. The minimum atomic E-state index is -4.94. The van der Waals surface area contributed by atoms with Crippen LogP contribution in [0.4, 0.5) is 13.2 Å². The molecule has 0 spiro atoms. The molecule has 1 rings (SSSR count). The number of nitrogens with one attached hydrogen (secondary N) is 2. The van der Waals surface area contributed by atoms with Crippen molar-refractivity contribution in [2.75, 3.05) is 26.3 Å². The second kappa shape index (κ2) is 10.5. The standard InChI is InChI=1S/C17H23F3N2O4/c1-3-25-13-6-5-12(11-14(13)26-4-2)7-9-21-15(23)8-10-22-16(24)17(18,19)20/h5-6,11H,3-4,7-10H2,1-2H3,(H,21,23)(H,22,24). The summed E-state index contributed by atoms with van der Waals surface area (Å²) < 4.78 is 47.0. The molecule has 2 N–H and O–H groups in total. The van der Waals surface area contributed by atoms with E-state index in [4.69, 9.17) is 9.47 Å². The number of ether oxygens (including phenoxy) is 2. The molecule has 0 aliphatic heterocycles. The van der Waals surface area contributed by atoms with Gasteiger partial charge in [0.15, 0.2) is 11.5 Å². The Bertz CT molecular complexity index is 606. The van der Waals surface area contributed by atoms with Crippen LogP contribution in [0.5, 0.6) is 11.5 Å². The van der Waals surface area contributed by atoms with Gasteiger partial charge in [0.2, 0.25) is 5.91 Å². The van der Waals surface area contributed by atoms with Crippen molar-refractivity contribution in [3.8, 4) is 11.5 Å². The van der Waals surface area contributed by atoms with Gasteiger partial charge in [-0.15, -0.1) is 0 Å². The van der Waals surface area contributed by atoms with Crippen LogP contribution in [0.1, 0.15) is 25.8 Å². The summed E-state index contributed by atoms with van der Waals surface area (Å²) >= 11 is 0. The van der Waals surface area contributed by atoms with E-state index in [0.29, 0.717) is 37.7 Å². The molecule has 1 aromatic carbocycles. The van der Waals surface area contributed by atoms with Crippen molar-refractivity contribution in [2.24, 2.45) is 0 Å². The van der Waals surface area contributed by atoms with Crippen LogP contribution < -0.4 is 20.1 Å². The average molecular weight is 376 g/mol. The summed E-state index contributed by atoms with van der Waals surface area (Å²) in [6.45, 7) is 4.67. The molecule has 0 saturated heterocycles. The molecule has 0 bridgehead atoms. The maximum atomic E-state index is 12.0. The number of carbonyl (C=O) groups is 2. The lowest BCUT2D eigenvalue weighted by molar-refractivity contribution is -0.173. The minimum Gasteiger partial charge on any atom is -0.490 e. The van der Waals surface area contributed by atoms with Crippen LogP contribution >= 0.6 is 0 Å². The molecule has 0 fully saturated rings. The third kappa shape index (κ3) is 7.62. The Morgan fingerprint density at radius 1 is 1.00 bits per heavy atom. The van der Waals surface area contributed by atoms with Gasteiger partial charge in [0, 0.05) is 19.5 Å². The normalized spacial score (nSPS) is 11.0. The first kappa shape index (κ1) is 21.6. The third-order valence-electron chi connectivity index (χ3n) is 3.24. The fourth-order valence-electron chi connectivity index (χ4n) is 2.08. The molecule has 0 heterocycles. The quantitative estimate of drug-likeness (QED) is 0.657. The van der Waals surface area contributed by atoms with E-state index in [2.05, 4.69) is 5.32 Å². The third-order valence-corrected chi connectivity index (χ3v) is 3.24. The summed E-state index contributed by atoms with van der Waals surface area (Å²) in [7, 11) is 0. The van der Waals surface area contributed by atoms with E-state index in [0.717, 1.165) is 5.56 Å². The summed E-state index contributed by atoms with van der Waals surface area (Å²) in [5.74, 6) is -1.23. The first-order valence-corrected chi connectivity index (χ1v) is 8.28. The van der Waals surface area contributed by atoms with Crippen molar-refractivity contribution < 1.29 is 32.2 Å². The zero-order chi connectivity index (χ0) is 19.6. The van der Waals surface area contributed by atoms with E-state index in [-0.39, 0.29) is 13.0 Å². The number of benzene rings is 1. The van der Waals surface area contributed by atoms with Gasteiger partial charge in [-0.3, -0.25) is 9.59 Å². The summed E-state index contributed by atoms with van der Waals surface area (Å²) in [5.41, 5.74) is 0.919. The number of rotatable bonds is 10. The van der Waals surface area contributed by atoms with Crippen LogP contribution in [0, 0.1) is 0 Å². The van der Waals surface area contributed by atoms with Crippen LogP contribution in [0.3, 0.4) is 0 Å². The summed E-state index contributed by atoms with van der Waals surface area (Å²) in [4.78, 5) is 22.2. The summed E-state index contributed by atoms with van der Waals surface area (Å²) in [6, 6.07) is 5.46. The molecule has 1 aromatic rings. The van der Waals surface area contributed by atoms with E-state index < -0.39 is 18.0 Å². The first-order chi connectivity index (χ1) is 12.3. The highest BCUT2D eigenvalue weighted by Crippen LogP contribution is 2.28. The molecule has 0 unspecified atom stereocenters. The molecule has 0 aliphatic carbocycles. The van der Waals surface area contributed by atoms with Gasteiger partial charge in [0.25, 0.3) is 0 Å². The van der Waals surface area contributed by atoms with Gasteiger partial charge in [0.1, 0.15) is 0 Å². The Morgan fingerprint density at radius 3 is 2.27 bits per heavy atom. The van der Waals surface area contributed by atoms with E-state index in [9.17, 15) is 22.8 Å². The molecule has 0 aromatic heterocycles. The number of amides is 2. The maximum absolute atomic E-state index is 12.0. The van der Waals surface area contributed by atoms with Crippen LogP contribution in [-0.4, -0.2) is 44.3 Å². The Kier molecular flexibility index (Phi) is 8.74. The van der Waals surface area contributed by atoms with E-state index in [1.54, 1.807) is 11.4 Å². The zero-order valence-corrected chi connectivity index (χ0v) is 14.7. The smallest absolute Gasteiger partial charge is 0.471 e. The molecule has 2 amide bonds. The monoisotopic (exact) mass is 376 g/mol. The lowest BCUT2D eigenvalue weighted by atomic mass is 10.1. The number of carbonyl (C=O) groups excluding carboxylic acids is 2. The topological polar surface area (TPSA) is 76.7 Å². The molecular formula is C17H23F3N2O4. The average Bonchev–Trinajstić information content (AvgIpc) is 2.56. The Morgan fingerprint density at radius 2 is 1.65 bits per heavy atom. The maximum Gasteiger partial charge on any atom is 0.471 e. The molecule has 0 aliphatic rings. The van der Waals surface area contributed by atoms with Gasteiger partial charge < -0.3 is 20.1 Å². The number of hydrogen-bond acceptors (Lipinski definition) is 4. The molecule has 0 radical (unpaired) electrons. The Hall–Kier alpha value is -2.45. The fraction of sp³-hybridized carbons (Fsp3) is 0.529. The molecule has 9 heteroatoms. The van der Waals surface area contributed by atoms with Gasteiger partial charge in [-0.05, 0) is 38.0 Å². The van der Waals surface area contributed by atoms with Gasteiger partial charge in [-0.1, -0.05) is 6.07 Å². The minimum absolute atomic E-state index is 0.227. The second-order valence-corrected chi connectivity index (χ2v) is 5.25. The molecule has 0 atom stereocenters. The van der Waals surface area contributed by atoms with E-state index in [1.807, 2.05) is 26.0 Å². The SMILES string of the molecule is CCOc1ccc(CCNC(=O)CCNC(=O)C(F)(F)F)cc1OCC. The van der Waals surface area contributed by atoms with Crippen LogP contribution in [-0.2, 0) is 16.0 Å². The lowest BCUT2D eigenvalue weighted by Crippen LogP contribution is -2.39. The fourth-order valence-corrected chi connectivity index (χ4v) is 2.08. The van der Waals surface area contributed by atoms with Crippen molar-refractivity contribution in [3.63, 3.8) is 0 Å². The van der Waals surface area contributed by atoms with Crippen molar-refractivity contribution in [2.45, 2.75) is 32.9 Å². The van der Waals surface area contributed by atoms with Gasteiger partial charge in [0.05, 0.1) is 13.2 Å². The van der Waals surface area contributed by atoms with Crippen LogP contribution in [0.2, 0.25) is 0 Å². The highest BCUT2D eigenvalue weighted by atomic mass is 19.4. The number of alkyl halides is 3. The molecule has 6 nitrogen and oxygen atoms in total. The number of hydrogen-bond donors (Lipinski definition) is 2. The first-order valence-electron chi connectivity index (χ1n) is 8.28. The van der Waals surface area contributed by atoms with E-state index >= 15 is 0 Å². The van der Waals surface area contributed by atoms with Crippen molar-refractivity contribution >= 4 is 11.8 Å². The largest absolute Gasteiger partial charge is 0.490 e. The summed E-state index contributed by atoms with van der Waals surface area (Å²) in [5, 5.41) is 4.24. The zero-order valence-electron chi connectivity index (χ0n) is 14.7. The molecular weight excluding hydrogens is 353 g/mol. The highest BCUT2D eigenvalue weighted by molar-refractivity contribution is 5.82. The number of halogens is 3. The molecule has 0 saturated carbocycles. The van der Waals surface area contributed by atoms with Crippen molar-refractivity contribution in [1.29, 1.82) is 0 Å². The molecule has 146 valence electrons. The predicted molar refractivity (Wildman–Crippen MR) is 89.2 cm³/mol. The predicted octanol–water partition coefficient (Wildman–Crippen LogP) is 2.21. The lowest BCUT2D eigenvalue weighted by Gasteiger charge is -2.13. The van der Waals surface area contributed by atoms with Gasteiger partial charge in [-0.25, -0.2) is 0 Å². The van der Waals surface area contributed by atoms with Crippen LogP contribution in [0.25, 0.3) is 0 Å². The molecule has 26 heavy (non-hydrogen) atoms. The van der Waals surface area contributed by atoms with Gasteiger partial charge in [-0.2, -0.15) is 13.2 Å². The van der Waals surface area contributed by atoms with Crippen LogP contribution in [0.15, 0.2) is 18.2 Å². The highest BCUT2D eigenvalue weighted by Gasteiger charge is 2.38. The van der Waals surface area contributed by atoms with Crippen molar-refractivity contribution in [3.05, 3.63) is 23.8 Å². The second-order valence-electron chi connectivity index (χ2n) is 5.25. The van der Waals surface area contributed by atoms with Gasteiger partial charge >= 0.3 is 12.1 Å². The van der Waals surface area contributed by atoms with E-state index in [1.165, 1.54) is 0 Å². The van der Waals surface area contributed by atoms with Crippen molar-refractivity contribution in [1.82, 2.24) is 10.6 Å². The summed E-state index contributed by atoms with van der Waals surface area (Å²) in [6.07, 6.45) is -4.65. The Labute approximate surface area is 150 Å².